The minimum atomic E-state index is -0.649. The molecule has 1 aliphatic carbocycles. The van der Waals surface area contributed by atoms with Gasteiger partial charge in [-0.15, -0.1) is 11.3 Å². The maximum atomic E-state index is 12.3. The molecule has 3 rings (SSSR count). The van der Waals surface area contributed by atoms with Crippen LogP contribution in [0.2, 0.25) is 0 Å². The number of carbonyl (C=O) groups excluding carboxylic acids is 2. The van der Waals surface area contributed by atoms with Gasteiger partial charge in [-0.2, -0.15) is 0 Å². The summed E-state index contributed by atoms with van der Waals surface area (Å²) in [5.74, 6) is -0.871. The summed E-state index contributed by atoms with van der Waals surface area (Å²) in [6.07, 6.45) is 5.35. The van der Waals surface area contributed by atoms with Gasteiger partial charge in [-0.05, 0) is 56.4 Å². The van der Waals surface area contributed by atoms with Crippen molar-refractivity contribution in [3.05, 3.63) is 49.7 Å². The van der Waals surface area contributed by atoms with E-state index in [-0.39, 0.29) is 11.4 Å². The van der Waals surface area contributed by atoms with Crippen LogP contribution in [0.4, 0.5) is 11.4 Å². The molecule has 0 aliphatic heterocycles. The van der Waals surface area contributed by atoms with Crippen LogP contribution in [-0.2, 0) is 22.4 Å². The van der Waals surface area contributed by atoms with Gasteiger partial charge in [0.25, 0.3) is 11.6 Å². The Hall–Kier alpha value is -2.94. The summed E-state index contributed by atoms with van der Waals surface area (Å²) in [6, 6.07) is 6.00. The number of anilines is 1. The number of hydrogen-bond donors (Lipinski definition) is 1. The van der Waals surface area contributed by atoms with E-state index in [9.17, 15) is 19.7 Å². The summed E-state index contributed by atoms with van der Waals surface area (Å²) in [6.45, 7) is 1.61. The van der Waals surface area contributed by atoms with E-state index in [2.05, 4.69) is 5.32 Å². The lowest BCUT2D eigenvalue weighted by molar-refractivity contribution is -0.384. The Bertz CT molecular complexity index is 900. The van der Waals surface area contributed by atoms with Crippen molar-refractivity contribution in [3.8, 4) is 5.75 Å². The van der Waals surface area contributed by atoms with Gasteiger partial charge in [0.05, 0.1) is 17.6 Å². The average Bonchev–Trinajstić information content (AvgIpc) is 2.98. The van der Waals surface area contributed by atoms with Crippen molar-refractivity contribution < 1.29 is 24.0 Å². The number of nitro benzene ring substituents is 1. The molecule has 1 aromatic carbocycles. The van der Waals surface area contributed by atoms with Crippen molar-refractivity contribution in [1.82, 2.24) is 0 Å². The molecule has 0 fully saturated rings. The maximum absolute atomic E-state index is 12.3. The van der Waals surface area contributed by atoms with E-state index in [0.717, 1.165) is 25.7 Å². The smallest absolute Gasteiger partial charge is 0.348 e. The molecule has 1 aromatic heterocycles. The number of hydrogen-bond acceptors (Lipinski definition) is 7. The van der Waals surface area contributed by atoms with Crippen LogP contribution >= 0.6 is 11.3 Å². The fraction of sp³-hybridized carbons (Fsp3) is 0.400. The van der Waals surface area contributed by atoms with Crippen LogP contribution in [0, 0.1) is 10.1 Å². The lowest BCUT2D eigenvalue weighted by Crippen LogP contribution is -2.21. The summed E-state index contributed by atoms with van der Waals surface area (Å²) in [5, 5.41) is 13.7. The predicted molar refractivity (Wildman–Crippen MR) is 109 cm³/mol. The molecule has 1 aliphatic rings. The molecule has 29 heavy (non-hydrogen) atoms. The zero-order valence-electron chi connectivity index (χ0n) is 16.1. The molecule has 154 valence electrons. The van der Waals surface area contributed by atoms with Crippen LogP contribution in [-0.4, -0.2) is 30.0 Å². The summed E-state index contributed by atoms with van der Waals surface area (Å²) >= 11 is 1.42. The summed E-state index contributed by atoms with van der Waals surface area (Å²) in [4.78, 5) is 36.7. The molecule has 2 aromatic rings. The summed E-state index contributed by atoms with van der Waals surface area (Å²) in [5.41, 5.74) is 0.911. The van der Waals surface area contributed by atoms with Gasteiger partial charge in [0.2, 0.25) is 0 Å². The normalized spacial score (nSPS) is 13.1. The molecule has 0 atom stereocenters. The van der Waals surface area contributed by atoms with E-state index in [0.29, 0.717) is 17.2 Å². The van der Waals surface area contributed by atoms with Crippen LogP contribution < -0.4 is 10.1 Å². The van der Waals surface area contributed by atoms with E-state index in [1.54, 1.807) is 6.92 Å². The molecule has 0 saturated carbocycles. The predicted octanol–water partition coefficient (Wildman–Crippen LogP) is 4.12. The first kappa shape index (κ1) is 20.8. The van der Waals surface area contributed by atoms with Gasteiger partial charge < -0.3 is 14.8 Å². The molecular formula is C20H22N2O6S. The highest BCUT2D eigenvalue weighted by Gasteiger charge is 2.20. The number of thiophene rings is 1. The minimum Gasteiger partial charge on any atom is -0.494 e. The number of nitrogens with one attached hydrogen (secondary N) is 1. The molecular weight excluding hydrogens is 396 g/mol. The molecule has 1 heterocycles. The average molecular weight is 418 g/mol. The van der Waals surface area contributed by atoms with Gasteiger partial charge in [0.15, 0.2) is 6.61 Å². The number of ether oxygens (including phenoxy) is 2. The lowest BCUT2D eigenvalue weighted by Gasteiger charge is -2.08. The van der Waals surface area contributed by atoms with Crippen molar-refractivity contribution in [3.63, 3.8) is 0 Å². The molecule has 0 bridgehead atoms. The van der Waals surface area contributed by atoms with Gasteiger partial charge in [0.1, 0.15) is 16.3 Å². The molecule has 8 nitrogen and oxygen atoms in total. The Morgan fingerprint density at radius 3 is 2.76 bits per heavy atom. The van der Waals surface area contributed by atoms with Crippen LogP contribution in [0.1, 0.15) is 46.3 Å². The second-order valence-electron chi connectivity index (χ2n) is 6.61. The fourth-order valence-electron chi connectivity index (χ4n) is 3.18. The number of esters is 1. The van der Waals surface area contributed by atoms with E-state index < -0.39 is 23.4 Å². The van der Waals surface area contributed by atoms with E-state index in [4.69, 9.17) is 9.47 Å². The van der Waals surface area contributed by atoms with Crippen molar-refractivity contribution >= 4 is 34.6 Å². The topological polar surface area (TPSA) is 108 Å². The standard InChI is InChI=1S/C20H22N2O6S/c1-2-27-14-8-9-15(16(11-14)22(25)26)21-19(23)12-28-20(24)18-10-13-6-4-3-5-7-17(13)29-18/h8-11H,2-7,12H2,1H3,(H,21,23). The second-order valence-corrected chi connectivity index (χ2v) is 7.75. The number of benzene rings is 1. The van der Waals surface area contributed by atoms with Gasteiger partial charge in [-0.25, -0.2) is 4.79 Å². The van der Waals surface area contributed by atoms with Gasteiger partial charge in [-0.3, -0.25) is 14.9 Å². The Morgan fingerprint density at radius 1 is 1.21 bits per heavy atom. The van der Waals surface area contributed by atoms with Crippen LogP contribution in [0.3, 0.4) is 0 Å². The third-order valence-corrected chi connectivity index (χ3v) is 5.75. The van der Waals surface area contributed by atoms with Gasteiger partial charge >= 0.3 is 5.97 Å². The minimum absolute atomic E-state index is 0.0161. The SMILES string of the molecule is CCOc1ccc(NC(=O)COC(=O)c2cc3c(s2)CCCCC3)c([N+](=O)[O-])c1. The number of nitro groups is 1. The highest BCUT2D eigenvalue weighted by Crippen LogP contribution is 2.30. The van der Waals surface area contributed by atoms with Gasteiger partial charge in [0, 0.05) is 4.88 Å². The summed E-state index contributed by atoms with van der Waals surface area (Å²) in [7, 11) is 0. The quantitative estimate of drug-likeness (QED) is 0.314. The molecule has 0 radical (unpaired) electrons. The number of fused-ring (bicyclic) bond motifs is 1. The first-order chi connectivity index (χ1) is 14.0. The zero-order chi connectivity index (χ0) is 20.8. The third kappa shape index (κ3) is 5.32. The number of nitrogens with zero attached hydrogens (tertiary/aromatic N) is 1. The highest BCUT2D eigenvalue weighted by atomic mass is 32.1. The number of rotatable bonds is 7. The largest absolute Gasteiger partial charge is 0.494 e. The van der Waals surface area contributed by atoms with Crippen LogP contribution in [0.25, 0.3) is 0 Å². The van der Waals surface area contributed by atoms with E-state index >= 15 is 0 Å². The molecule has 0 unspecified atom stereocenters. The number of carbonyl (C=O) groups is 2. The lowest BCUT2D eigenvalue weighted by atomic mass is 10.1. The Kier molecular flexibility index (Phi) is 6.82. The van der Waals surface area contributed by atoms with E-state index in [1.807, 2.05) is 6.07 Å². The fourth-order valence-corrected chi connectivity index (χ4v) is 4.33. The first-order valence-corrected chi connectivity index (χ1v) is 10.3. The summed E-state index contributed by atoms with van der Waals surface area (Å²) < 4.78 is 10.3. The van der Waals surface area contributed by atoms with Crippen LogP contribution in [0.5, 0.6) is 5.75 Å². The maximum Gasteiger partial charge on any atom is 0.348 e. The van der Waals surface area contributed by atoms with Crippen molar-refractivity contribution in [1.29, 1.82) is 0 Å². The molecule has 9 heteroatoms. The van der Waals surface area contributed by atoms with Crippen molar-refractivity contribution in [2.75, 3.05) is 18.5 Å². The first-order valence-electron chi connectivity index (χ1n) is 9.47. The Labute approximate surface area is 172 Å². The number of amides is 1. The monoisotopic (exact) mass is 418 g/mol. The molecule has 1 amide bonds. The van der Waals surface area contributed by atoms with Gasteiger partial charge in [-0.1, -0.05) is 6.42 Å². The van der Waals surface area contributed by atoms with Crippen molar-refractivity contribution in [2.45, 2.75) is 39.0 Å². The van der Waals surface area contributed by atoms with Crippen LogP contribution in [0.15, 0.2) is 24.3 Å². The highest BCUT2D eigenvalue weighted by molar-refractivity contribution is 7.14. The Balaban J connectivity index is 1.60. The molecule has 0 saturated heterocycles. The zero-order valence-corrected chi connectivity index (χ0v) is 16.9. The number of aryl methyl sites for hydroxylation is 2. The Morgan fingerprint density at radius 2 is 2.00 bits per heavy atom. The third-order valence-electron chi connectivity index (χ3n) is 4.53. The van der Waals surface area contributed by atoms with Crippen molar-refractivity contribution in [2.24, 2.45) is 0 Å². The van der Waals surface area contributed by atoms with E-state index in [1.165, 1.54) is 46.4 Å². The second kappa shape index (κ2) is 9.51. The molecule has 1 N–H and O–H groups in total. The molecule has 0 spiro atoms.